The van der Waals surface area contributed by atoms with Crippen LogP contribution in [0.1, 0.15) is 18.9 Å². The van der Waals surface area contributed by atoms with Gasteiger partial charge in [0, 0.05) is 39.3 Å². The smallest absolute Gasteiger partial charge is 0.231 e. The zero-order valence-electron chi connectivity index (χ0n) is 15.6. The minimum Gasteiger partial charge on any atom is -0.454 e. The molecule has 26 heavy (non-hydrogen) atoms. The van der Waals surface area contributed by atoms with Crippen LogP contribution in [0.15, 0.2) is 23.2 Å². The zero-order chi connectivity index (χ0) is 18.0. The van der Waals surface area contributed by atoms with Crippen LogP contribution in [-0.4, -0.2) is 70.1 Å². The minimum absolute atomic E-state index is 0.318. The average molecular weight is 362 g/mol. The van der Waals surface area contributed by atoms with Gasteiger partial charge >= 0.3 is 0 Å². The molecule has 0 bridgehead atoms. The van der Waals surface area contributed by atoms with Crippen molar-refractivity contribution < 1.29 is 14.2 Å². The molecule has 7 heteroatoms. The van der Waals surface area contributed by atoms with E-state index in [1.54, 1.807) is 0 Å². The van der Waals surface area contributed by atoms with E-state index in [4.69, 9.17) is 14.2 Å². The van der Waals surface area contributed by atoms with Gasteiger partial charge in [-0.15, -0.1) is 0 Å². The summed E-state index contributed by atoms with van der Waals surface area (Å²) in [7, 11) is 0. The highest BCUT2D eigenvalue weighted by Crippen LogP contribution is 2.32. The van der Waals surface area contributed by atoms with Crippen LogP contribution in [0.2, 0.25) is 0 Å². The maximum atomic E-state index is 5.43. The van der Waals surface area contributed by atoms with Gasteiger partial charge in [0.1, 0.15) is 0 Å². The summed E-state index contributed by atoms with van der Waals surface area (Å²) in [6.45, 7) is 9.80. The molecule has 2 N–H and O–H groups in total. The summed E-state index contributed by atoms with van der Waals surface area (Å²) in [4.78, 5) is 7.12. The van der Waals surface area contributed by atoms with Crippen LogP contribution >= 0.6 is 0 Å². The van der Waals surface area contributed by atoms with E-state index in [-0.39, 0.29) is 0 Å². The number of benzene rings is 1. The molecule has 0 saturated carbocycles. The predicted molar refractivity (Wildman–Crippen MR) is 102 cm³/mol. The van der Waals surface area contributed by atoms with Crippen molar-refractivity contribution in [2.75, 3.05) is 59.3 Å². The van der Waals surface area contributed by atoms with Gasteiger partial charge in [-0.05, 0) is 37.5 Å². The fourth-order valence-corrected chi connectivity index (χ4v) is 3.07. The quantitative estimate of drug-likeness (QED) is 0.412. The Morgan fingerprint density at radius 1 is 1.15 bits per heavy atom. The molecule has 1 saturated heterocycles. The van der Waals surface area contributed by atoms with Crippen LogP contribution < -0.4 is 20.1 Å². The maximum Gasteiger partial charge on any atom is 0.231 e. The third-order valence-corrected chi connectivity index (χ3v) is 4.49. The summed E-state index contributed by atoms with van der Waals surface area (Å²) in [5.41, 5.74) is 1.23. The lowest BCUT2D eigenvalue weighted by Gasteiger charge is -2.26. The van der Waals surface area contributed by atoms with Crippen LogP contribution in [0.3, 0.4) is 0 Å². The zero-order valence-corrected chi connectivity index (χ0v) is 15.6. The first kappa shape index (κ1) is 18.8. The SMILES string of the molecule is CCNC(=NCCCN1CCOCC1)NCCc1ccc2c(c1)OCO2. The van der Waals surface area contributed by atoms with E-state index in [1.165, 1.54) is 5.56 Å². The Balaban J connectivity index is 1.38. The summed E-state index contributed by atoms with van der Waals surface area (Å²) in [5.74, 6) is 2.55. The lowest BCUT2D eigenvalue weighted by atomic mass is 10.1. The van der Waals surface area contributed by atoms with E-state index in [0.29, 0.717) is 6.79 Å². The van der Waals surface area contributed by atoms with Crippen LogP contribution in [0.25, 0.3) is 0 Å². The normalized spacial score (nSPS) is 17.3. The highest BCUT2D eigenvalue weighted by atomic mass is 16.7. The van der Waals surface area contributed by atoms with E-state index in [0.717, 1.165) is 82.8 Å². The molecule has 0 spiro atoms. The van der Waals surface area contributed by atoms with E-state index in [2.05, 4.69) is 39.6 Å². The minimum atomic E-state index is 0.318. The van der Waals surface area contributed by atoms with Crippen LogP contribution in [0.5, 0.6) is 11.5 Å². The van der Waals surface area contributed by atoms with Crippen LogP contribution in [0.4, 0.5) is 0 Å². The molecule has 1 aromatic rings. The predicted octanol–water partition coefficient (Wildman–Crippen LogP) is 1.24. The number of morpholine rings is 1. The number of guanidine groups is 1. The van der Waals surface area contributed by atoms with Crippen molar-refractivity contribution in [2.45, 2.75) is 19.8 Å². The molecule has 2 heterocycles. The Bertz CT molecular complexity index is 588. The van der Waals surface area contributed by atoms with Crippen molar-refractivity contribution >= 4 is 5.96 Å². The van der Waals surface area contributed by atoms with Gasteiger partial charge in [0.05, 0.1) is 13.2 Å². The molecule has 3 rings (SSSR count). The van der Waals surface area contributed by atoms with Crippen molar-refractivity contribution in [3.05, 3.63) is 23.8 Å². The first-order valence-electron chi connectivity index (χ1n) is 9.56. The highest BCUT2D eigenvalue weighted by molar-refractivity contribution is 5.79. The van der Waals surface area contributed by atoms with Crippen LogP contribution in [0, 0.1) is 0 Å². The largest absolute Gasteiger partial charge is 0.454 e. The van der Waals surface area contributed by atoms with Crippen molar-refractivity contribution in [2.24, 2.45) is 4.99 Å². The van der Waals surface area contributed by atoms with E-state index in [9.17, 15) is 0 Å². The van der Waals surface area contributed by atoms with Gasteiger partial charge in [-0.2, -0.15) is 0 Å². The molecule has 0 radical (unpaired) electrons. The number of nitrogens with zero attached hydrogens (tertiary/aromatic N) is 2. The molecular weight excluding hydrogens is 332 g/mol. The van der Waals surface area contributed by atoms with Gasteiger partial charge in [0.2, 0.25) is 6.79 Å². The molecule has 0 amide bonds. The van der Waals surface area contributed by atoms with Gasteiger partial charge in [-0.25, -0.2) is 0 Å². The average Bonchev–Trinajstić information content (AvgIpc) is 3.14. The third-order valence-electron chi connectivity index (χ3n) is 4.49. The second kappa shape index (κ2) is 10.2. The number of ether oxygens (including phenoxy) is 3. The van der Waals surface area contributed by atoms with Crippen molar-refractivity contribution in [1.29, 1.82) is 0 Å². The molecule has 2 aliphatic rings. The van der Waals surface area contributed by atoms with Gasteiger partial charge in [0.15, 0.2) is 17.5 Å². The Hall–Kier alpha value is -1.99. The summed E-state index contributed by atoms with van der Waals surface area (Å²) >= 11 is 0. The monoisotopic (exact) mass is 362 g/mol. The van der Waals surface area contributed by atoms with E-state index >= 15 is 0 Å². The molecule has 7 nitrogen and oxygen atoms in total. The van der Waals surface area contributed by atoms with Gasteiger partial charge in [0.25, 0.3) is 0 Å². The lowest BCUT2D eigenvalue weighted by Crippen LogP contribution is -2.39. The fraction of sp³-hybridized carbons (Fsp3) is 0.632. The number of rotatable bonds is 8. The fourth-order valence-electron chi connectivity index (χ4n) is 3.07. The highest BCUT2D eigenvalue weighted by Gasteiger charge is 2.13. The van der Waals surface area contributed by atoms with Gasteiger partial charge in [-0.1, -0.05) is 6.07 Å². The van der Waals surface area contributed by atoms with Crippen molar-refractivity contribution in [3.63, 3.8) is 0 Å². The van der Waals surface area contributed by atoms with E-state index < -0.39 is 0 Å². The molecular formula is C19H30N4O3. The van der Waals surface area contributed by atoms with E-state index in [1.807, 2.05) is 6.07 Å². The first-order chi connectivity index (χ1) is 12.8. The number of hydrogen-bond acceptors (Lipinski definition) is 5. The Morgan fingerprint density at radius 3 is 2.85 bits per heavy atom. The molecule has 1 aromatic carbocycles. The third kappa shape index (κ3) is 5.78. The van der Waals surface area contributed by atoms with Crippen LogP contribution in [-0.2, 0) is 11.2 Å². The molecule has 0 aliphatic carbocycles. The second-order valence-corrected chi connectivity index (χ2v) is 6.43. The molecule has 0 aromatic heterocycles. The molecule has 1 fully saturated rings. The molecule has 0 unspecified atom stereocenters. The van der Waals surface area contributed by atoms with Crippen molar-refractivity contribution in [3.8, 4) is 11.5 Å². The topological polar surface area (TPSA) is 67.4 Å². The molecule has 144 valence electrons. The summed E-state index contributed by atoms with van der Waals surface area (Å²) in [5, 5.41) is 6.72. The summed E-state index contributed by atoms with van der Waals surface area (Å²) < 4.78 is 16.2. The summed E-state index contributed by atoms with van der Waals surface area (Å²) in [6.07, 6.45) is 1.98. The lowest BCUT2D eigenvalue weighted by molar-refractivity contribution is 0.0377. The second-order valence-electron chi connectivity index (χ2n) is 6.43. The molecule has 2 aliphatic heterocycles. The Kier molecular flexibility index (Phi) is 7.39. The number of nitrogens with one attached hydrogen (secondary N) is 2. The molecule has 0 atom stereocenters. The number of fused-ring (bicyclic) bond motifs is 1. The number of aliphatic imine (C=N–C) groups is 1. The Labute approximate surface area is 155 Å². The summed E-state index contributed by atoms with van der Waals surface area (Å²) in [6, 6.07) is 6.11. The van der Waals surface area contributed by atoms with Gasteiger partial charge in [-0.3, -0.25) is 9.89 Å². The number of hydrogen-bond donors (Lipinski definition) is 2. The standard InChI is InChI=1S/C19H30N4O3/c1-2-20-19(21-7-3-9-23-10-12-24-13-11-23)22-8-6-16-4-5-17-18(14-16)26-15-25-17/h4-5,14H,2-3,6-13,15H2,1H3,(H2,20,21,22). The van der Waals surface area contributed by atoms with Gasteiger partial charge < -0.3 is 24.8 Å². The Morgan fingerprint density at radius 2 is 2.00 bits per heavy atom. The first-order valence-corrected chi connectivity index (χ1v) is 9.56. The maximum absolute atomic E-state index is 5.43. The van der Waals surface area contributed by atoms with Crippen molar-refractivity contribution in [1.82, 2.24) is 15.5 Å².